The van der Waals surface area contributed by atoms with Crippen LogP contribution >= 0.6 is 0 Å². The van der Waals surface area contributed by atoms with E-state index in [-0.39, 0.29) is 49.9 Å². The van der Waals surface area contributed by atoms with E-state index in [4.69, 9.17) is 0 Å². The molecule has 1 aliphatic heterocycles. The molecule has 1 saturated heterocycles. The second-order valence-corrected chi connectivity index (χ2v) is 8.74. The SMILES string of the molecule is O=C(c1ccnc(F)c1)N1CCN(S(=O)(=O)c2cc(C(F)(F)F)cc(C(F)(F)F)c2)CC1. The molecule has 1 aliphatic rings. The lowest BCUT2D eigenvalue weighted by atomic mass is 10.1. The van der Waals surface area contributed by atoms with Crippen LogP contribution in [0, 0.1) is 5.95 Å². The van der Waals surface area contributed by atoms with Gasteiger partial charge in [-0.1, -0.05) is 0 Å². The first-order chi connectivity index (χ1) is 14.7. The summed E-state index contributed by atoms with van der Waals surface area (Å²) in [6.07, 6.45) is -9.33. The number of amides is 1. The van der Waals surface area contributed by atoms with Gasteiger partial charge in [0.25, 0.3) is 5.91 Å². The highest BCUT2D eigenvalue weighted by Crippen LogP contribution is 2.37. The maximum absolute atomic E-state index is 13.2. The van der Waals surface area contributed by atoms with Crippen LogP contribution in [0.2, 0.25) is 0 Å². The first-order valence-electron chi connectivity index (χ1n) is 8.90. The number of rotatable bonds is 3. The van der Waals surface area contributed by atoms with Crippen molar-refractivity contribution in [1.82, 2.24) is 14.2 Å². The Bertz CT molecular complexity index is 1090. The van der Waals surface area contributed by atoms with E-state index in [1.807, 2.05) is 0 Å². The molecule has 0 N–H and O–H groups in total. The Morgan fingerprint density at radius 2 is 1.41 bits per heavy atom. The van der Waals surface area contributed by atoms with Gasteiger partial charge in [0.1, 0.15) is 0 Å². The summed E-state index contributed by atoms with van der Waals surface area (Å²) in [4.78, 5) is 15.7. The molecule has 0 radical (unpaired) electrons. The zero-order chi connectivity index (χ0) is 23.9. The number of halogens is 7. The fourth-order valence-corrected chi connectivity index (χ4v) is 4.57. The average Bonchev–Trinajstić information content (AvgIpc) is 2.71. The molecule has 0 saturated carbocycles. The van der Waals surface area contributed by atoms with Gasteiger partial charge in [0.05, 0.1) is 16.0 Å². The lowest BCUT2D eigenvalue weighted by molar-refractivity contribution is -0.143. The zero-order valence-electron chi connectivity index (χ0n) is 15.9. The predicted molar refractivity (Wildman–Crippen MR) is 95.3 cm³/mol. The van der Waals surface area contributed by atoms with Crippen LogP contribution in [0.3, 0.4) is 0 Å². The minimum absolute atomic E-state index is 0.0403. The Balaban J connectivity index is 1.84. The standard InChI is InChI=1S/C18H14F7N3O3S/c19-15-7-11(1-2-26-15)16(29)27-3-5-28(6-4-27)32(30,31)14-9-12(17(20,21)22)8-13(10-14)18(23,24)25/h1-2,7-10H,3-6H2. The van der Waals surface area contributed by atoms with Gasteiger partial charge in [-0.3, -0.25) is 4.79 Å². The molecule has 32 heavy (non-hydrogen) atoms. The van der Waals surface area contributed by atoms with Gasteiger partial charge in [0, 0.05) is 44.0 Å². The molecular weight excluding hydrogens is 471 g/mol. The van der Waals surface area contributed by atoms with Crippen LogP contribution in [-0.2, 0) is 22.4 Å². The maximum Gasteiger partial charge on any atom is 0.416 e. The number of piperazine rings is 1. The third-order valence-corrected chi connectivity index (χ3v) is 6.57. The van der Waals surface area contributed by atoms with Gasteiger partial charge in [0.2, 0.25) is 16.0 Å². The third-order valence-electron chi connectivity index (χ3n) is 4.70. The fourth-order valence-electron chi connectivity index (χ4n) is 3.07. The molecular formula is C18H14F7N3O3S. The van der Waals surface area contributed by atoms with Crippen molar-refractivity contribution in [3.63, 3.8) is 0 Å². The monoisotopic (exact) mass is 485 g/mol. The molecule has 3 rings (SSSR count). The quantitative estimate of drug-likeness (QED) is 0.494. The number of nitrogens with zero attached hydrogens (tertiary/aromatic N) is 3. The minimum atomic E-state index is -5.20. The van der Waals surface area contributed by atoms with Crippen molar-refractivity contribution >= 4 is 15.9 Å². The van der Waals surface area contributed by atoms with Crippen LogP contribution in [0.15, 0.2) is 41.4 Å². The van der Waals surface area contributed by atoms with Crippen LogP contribution in [0.1, 0.15) is 21.5 Å². The molecule has 2 heterocycles. The summed E-state index contributed by atoms with van der Waals surface area (Å²) in [6, 6.07) is 2.25. The number of carbonyl (C=O) groups excluding carboxylic acids is 1. The molecule has 1 aromatic heterocycles. The highest BCUT2D eigenvalue weighted by atomic mass is 32.2. The molecule has 0 aliphatic carbocycles. The Morgan fingerprint density at radius 3 is 1.88 bits per heavy atom. The van der Waals surface area contributed by atoms with Gasteiger partial charge < -0.3 is 4.90 Å². The largest absolute Gasteiger partial charge is 0.416 e. The smallest absolute Gasteiger partial charge is 0.336 e. The highest BCUT2D eigenvalue weighted by molar-refractivity contribution is 7.89. The van der Waals surface area contributed by atoms with E-state index < -0.39 is 50.3 Å². The summed E-state index contributed by atoms with van der Waals surface area (Å²) >= 11 is 0. The topological polar surface area (TPSA) is 70.6 Å². The fraction of sp³-hybridized carbons (Fsp3) is 0.333. The third kappa shape index (κ3) is 5.01. The van der Waals surface area contributed by atoms with E-state index in [0.717, 1.165) is 12.3 Å². The molecule has 1 aromatic carbocycles. The summed E-state index contributed by atoms with van der Waals surface area (Å²) in [5.41, 5.74) is -3.54. The zero-order valence-corrected chi connectivity index (χ0v) is 16.7. The molecule has 14 heteroatoms. The summed E-state index contributed by atoms with van der Waals surface area (Å²) in [7, 11) is -4.72. The highest BCUT2D eigenvalue weighted by Gasteiger charge is 2.39. The summed E-state index contributed by atoms with van der Waals surface area (Å²) in [5.74, 6) is -1.52. The van der Waals surface area contributed by atoms with E-state index >= 15 is 0 Å². The van der Waals surface area contributed by atoms with Crippen LogP contribution in [-0.4, -0.2) is 54.7 Å². The summed E-state index contributed by atoms with van der Waals surface area (Å²) in [5, 5.41) is 0. The number of aromatic nitrogens is 1. The van der Waals surface area contributed by atoms with Gasteiger partial charge >= 0.3 is 12.4 Å². The first kappa shape index (κ1) is 23.9. The number of hydrogen-bond donors (Lipinski definition) is 0. The average molecular weight is 485 g/mol. The number of pyridine rings is 1. The van der Waals surface area contributed by atoms with Gasteiger partial charge in [-0.15, -0.1) is 0 Å². The molecule has 1 fully saturated rings. The number of alkyl halides is 6. The van der Waals surface area contributed by atoms with Crippen molar-refractivity contribution in [2.75, 3.05) is 26.2 Å². The second kappa shape index (κ2) is 8.31. The van der Waals surface area contributed by atoms with Crippen LogP contribution in [0.4, 0.5) is 30.7 Å². The number of carbonyl (C=O) groups is 1. The molecule has 2 aromatic rings. The Kier molecular flexibility index (Phi) is 6.21. The first-order valence-corrected chi connectivity index (χ1v) is 10.3. The van der Waals surface area contributed by atoms with Crippen molar-refractivity contribution in [2.45, 2.75) is 17.2 Å². The number of hydrogen-bond acceptors (Lipinski definition) is 4. The Morgan fingerprint density at radius 1 is 0.875 bits per heavy atom. The van der Waals surface area contributed by atoms with Crippen LogP contribution in [0.25, 0.3) is 0 Å². The predicted octanol–water partition coefficient (Wildman–Crippen LogP) is 3.41. The minimum Gasteiger partial charge on any atom is -0.336 e. The van der Waals surface area contributed by atoms with Crippen molar-refractivity contribution in [1.29, 1.82) is 0 Å². The van der Waals surface area contributed by atoms with Crippen molar-refractivity contribution in [3.8, 4) is 0 Å². The van der Waals surface area contributed by atoms with Gasteiger partial charge in [-0.05, 0) is 24.3 Å². The number of benzene rings is 1. The van der Waals surface area contributed by atoms with Crippen molar-refractivity contribution < 1.29 is 43.9 Å². The normalized spacial score (nSPS) is 16.3. The molecule has 0 unspecified atom stereocenters. The van der Waals surface area contributed by atoms with Crippen LogP contribution < -0.4 is 0 Å². The molecule has 1 amide bonds. The maximum atomic E-state index is 13.2. The van der Waals surface area contributed by atoms with E-state index in [1.165, 1.54) is 11.0 Å². The summed E-state index contributed by atoms with van der Waals surface area (Å²) in [6.45, 7) is -1.15. The lowest BCUT2D eigenvalue weighted by Crippen LogP contribution is -2.50. The Labute approximate surface area is 177 Å². The van der Waals surface area contributed by atoms with Gasteiger partial charge in [-0.25, -0.2) is 13.4 Å². The van der Waals surface area contributed by atoms with Crippen LogP contribution in [0.5, 0.6) is 0 Å². The summed E-state index contributed by atoms with van der Waals surface area (Å²) < 4.78 is 118. The second-order valence-electron chi connectivity index (χ2n) is 6.81. The molecule has 6 nitrogen and oxygen atoms in total. The molecule has 0 bridgehead atoms. The number of sulfonamides is 1. The molecule has 174 valence electrons. The Hall–Kier alpha value is -2.74. The molecule has 0 atom stereocenters. The van der Waals surface area contributed by atoms with E-state index in [1.54, 1.807) is 0 Å². The van der Waals surface area contributed by atoms with Crippen molar-refractivity contribution in [3.05, 3.63) is 59.2 Å². The van der Waals surface area contributed by atoms with E-state index in [2.05, 4.69) is 4.98 Å². The van der Waals surface area contributed by atoms with Gasteiger partial charge in [0.15, 0.2) is 0 Å². The van der Waals surface area contributed by atoms with Crippen molar-refractivity contribution in [2.24, 2.45) is 0 Å². The van der Waals surface area contributed by atoms with E-state index in [0.29, 0.717) is 4.31 Å². The lowest BCUT2D eigenvalue weighted by Gasteiger charge is -2.34. The van der Waals surface area contributed by atoms with Gasteiger partial charge in [-0.2, -0.15) is 35.0 Å². The molecule has 0 spiro atoms. The van der Waals surface area contributed by atoms with E-state index in [9.17, 15) is 43.9 Å².